The van der Waals surface area contributed by atoms with Crippen LogP contribution in [0, 0.1) is 5.92 Å². The van der Waals surface area contributed by atoms with Gasteiger partial charge in [0.25, 0.3) is 0 Å². The Hall–Kier alpha value is -0.810. The van der Waals surface area contributed by atoms with Gasteiger partial charge in [0.05, 0.1) is 0 Å². The average Bonchev–Trinajstić information content (AvgIpc) is 2.61. The van der Waals surface area contributed by atoms with Crippen LogP contribution in [-0.2, 0) is 14.9 Å². The summed E-state index contributed by atoms with van der Waals surface area (Å²) in [5, 5.41) is 7.27. The molecular weight excluding hydrogens is 347 g/mol. The van der Waals surface area contributed by atoms with Crippen molar-refractivity contribution in [2.24, 2.45) is 5.92 Å². The first-order valence-electron chi connectivity index (χ1n) is 8.52. The molecule has 0 bridgehead atoms. The number of halogens is 2. The largest absolute Gasteiger partial charge is 0.381 e. The molecule has 0 atom stereocenters. The van der Waals surface area contributed by atoms with E-state index in [-0.39, 0.29) is 29.6 Å². The van der Waals surface area contributed by atoms with Crippen molar-refractivity contribution >= 4 is 29.9 Å². The van der Waals surface area contributed by atoms with Gasteiger partial charge in [0, 0.05) is 36.1 Å². The second-order valence-corrected chi connectivity index (χ2v) is 7.08. The van der Waals surface area contributed by atoms with Crippen LogP contribution in [0.25, 0.3) is 0 Å². The predicted molar refractivity (Wildman–Crippen MR) is 99.0 cm³/mol. The zero-order chi connectivity index (χ0) is 16.1. The van der Waals surface area contributed by atoms with Crippen molar-refractivity contribution in [1.82, 2.24) is 10.6 Å². The van der Waals surface area contributed by atoms with Crippen molar-refractivity contribution in [2.75, 3.05) is 32.8 Å². The van der Waals surface area contributed by atoms with Crippen LogP contribution < -0.4 is 10.6 Å². The molecule has 3 rings (SSSR count). The standard InChI is InChI=1S/C18H25ClN2O2.ClH/c19-16-3-1-2-15(12-16)18(6-10-23-11-7-18)13-21-17(22)14-4-8-20-9-5-14;/h1-3,12,14,20H,4-11,13H2,(H,21,22);1H. The Morgan fingerprint density at radius 2 is 2.00 bits per heavy atom. The topological polar surface area (TPSA) is 50.4 Å². The van der Waals surface area contributed by atoms with Crippen molar-refractivity contribution in [2.45, 2.75) is 31.1 Å². The van der Waals surface area contributed by atoms with E-state index in [2.05, 4.69) is 16.7 Å². The number of benzene rings is 1. The minimum absolute atomic E-state index is 0. The Morgan fingerprint density at radius 1 is 1.29 bits per heavy atom. The Morgan fingerprint density at radius 3 is 2.67 bits per heavy atom. The van der Waals surface area contributed by atoms with E-state index in [9.17, 15) is 4.79 Å². The maximum Gasteiger partial charge on any atom is 0.223 e. The Balaban J connectivity index is 0.00000208. The van der Waals surface area contributed by atoms with E-state index in [0.717, 1.165) is 57.0 Å². The smallest absolute Gasteiger partial charge is 0.223 e. The van der Waals surface area contributed by atoms with Gasteiger partial charge in [-0.2, -0.15) is 0 Å². The second-order valence-electron chi connectivity index (χ2n) is 6.65. The van der Waals surface area contributed by atoms with E-state index in [4.69, 9.17) is 16.3 Å². The Bertz CT molecular complexity index is 542. The highest BCUT2D eigenvalue weighted by molar-refractivity contribution is 6.30. The fraction of sp³-hybridized carbons (Fsp3) is 0.611. The minimum Gasteiger partial charge on any atom is -0.381 e. The summed E-state index contributed by atoms with van der Waals surface area (Å²) < 4.78 is 5.55. The fourth-order valence-electron chi connectivity index (χ4n) is 3.63. The maximum absolute atomic E-state index is 12.5. The number of hydrogen-bond donors (Lipinski definition) is 2. The quantitative estimate of drug-likeness (QED) is 0.853. The van der Waals surface area contributed by atoms with Gasteiger partial charge in [0.1, 0.15) is 0 Å². The van der Waals surface area contributed by atoms with Gasteiger partial charge in [0.15, 0.2) is 0 Å². The van der Waals surface area contributed by atoms with Crippen LogP contribution in [0.4, 0.5) is 0 Å². The number of nitrogens with one attached hydrogen (secondary N) is 2. The van der Waals surface area contributed by atoms with E-state index < -0.39 is 0 Å². The summed E-state index contributed by atoms with van der Waals surface area (Å²) in [5.74, 6) is 0.340. The molecule has 24 heavy (non-hydrogen) atoms. The first kappa shape index (κ1) is 19.5. The molecule has 2 N–H and O–H groups in total. The molecule has 0 saturated carbocycles. The molecule has 1 aromatic rings. The van der Waals surface area contributed by atoms with Crippen molar-refractivity contribution < 1.29 is 9.53 Å². The van der Waals surface area contributed by atoms with Gasteiger partial charge in [-0.25, -0.2) is 0 Å². The number of carbonyl (C=O) groups is 1. The first-order chi connectivity index (χ1) is 11.2. The normalized spacial score (nSPS) is 20.9. The Labute approximate surface area is 155 Å². The van der Waals surface area contributed by atoms with Crippen LogP contribution in [0.3, 0.4) is 0 Å². The SMILES string of the molecule is Cl.O=C(NCC1(c2cccc(Cl)c2)CCOCC1)C1CCNCC1. The third kappa shape index (κ3) is 4.63. The molecule has 0 spiro atoms. The summed E-state index contributed by atoms with van der Waals surface area (Å²) >= 11 is 6.18. The molecule has 0 unspecified atom stereocenters. The van der Waals surface area contributed by atoms with Crippen LogP contribution in [-0.4, -0.2) is 38.8 Å². The van der Waals surface area contributed by atoms with Crippen molar-refractivity contribution in [3.8, 4) is 0 Å². The van der Waals surface area contributed by atoms with Crippen LogP contribution in [0.1, 0.15) is 31.2 Å². The van der Waals surface area contributed by atoms with Gasteiger partial charge in [0.2, 0.25) is 5.91 Å². The molecule has 2 aliphatic rings. The number of hydrogen-bond acceptors (Lipinski definition) is 3. The second kappa shape index (κ2) is 9.04. The summed E-state index contributed by atoms with van der Waals surface area (Å²) in [4.78, 5) is 12.5. The number of piperidine rings is 1. The molecule has 0 aliphatic carbocycles. The third-order valence-electron chi connectivity index (χ3n) is 5.20. The molecule has 0 aromatic heterocycles. The van der Waals surface area contributed by atoms with Crippen LogP contribution in [0.5, 0.6) is 0 Å². The highest BCUT2D eigenvalue weighted by atomic mass is 35.5. The molecular formula is C18H26Cl2N2O2. The molecule has 2 aliphatic heterocycles. The summed E-state index contributed by atoms with van der Waals surface area (Å²) in [5.41, 5.74) is 1.14. The molecule has 2 heterocycles. The first-order valence-corrected chi connectivity index (χ1v) is 8.90. The van der Waals surface area contributed by atoms with Crippen molar-refractivity contribution in [3.05, 3.63) is 34.9 Å². The molecule has 134 valence electrons. The van der Waals surface area contributed by atoms with E-state index in [0.29, 0.717) is 6.54 Å². The molecule has 4 nitrogen and oxygen atoms in total. The molecule has 1 aromatic carbocycles. The summed E-state index contributed by atoms with van der Waals surface area (Å²) in [7, 11) is 0. The number of ether oxygens (including phenoxy) is 1. The van der Waals surface area contributed by atoms with Gasteiger partial charge in [-0.15, -0.1) is 12.4 Å². The number of amides is 1. The summed E-state index contributed by atoms with van der Waals surface area (Å²) in [6.45, 7) is 4.00. The lowest BCUT2D eigenvalue weighted by Gasteiger charge is -2.38. The molecule has 2 fully saturated rings. The van der Waals surface area contributed by atoms with Crippen molar-refractivity contribution in [3.63, 3.8) is 0 Å². The van der Waals surface area contributed by atoms with Gasteiger partial charge in [-0.05, 0) is 56.5 Å². The van der Waals surface area contributed by atoms with Crippen molar-refractivity contribution in [1.29, 1.82) is 0 Å². The van der Waals surface area contributed by atoms with E-state index in [1.54, 1.807) is 0 Å². The molecule has 2 saturated heterocycles. The third-order valence-corrected chi connectivity index (χ3v) is 5.43. The highest BCUT2D eigenvalue weighted by Gasteiger charge is 2.35. The lowest BCUT2D eigenvalue weighted by atomic mass is 9.74. The zero-order valence-electron chi connectivity index (χ0n) is 13.9. The van der Waals surface area contributed by atoms with Gasteiger partial charge in [-0.1, -0.05) is 23.7 Å². The van der Waals surface area contributed by atoms with E-state index in [1.807, 2.05) is 18.2 Å². The summed E-state index contributed by atoms with van der Waals surface area (Å²) in [6.07, 6.45) is 3.69. The lowest BCUT2D eigenvalue weighted by Crippen LogP contribution is -2.47. The van der Waals surface area contributed by atoms with E-state index >= 15 is 0 Å². The Kier molecular flexibility index (Phi) is 7.35. The van der Waals surface area contributed by atoms with Gasteiger partial charge in [-0.3, -0.25) is 4.79 Å². The fourth-order valence-corrected chi connectivity index (χ4v) is 3.82. The molecule has 0 radical (unpaired) electrons. The molecule has 1 amide bonds. The van der Waals surface area contributed by atoms with Crippen LogP contribution in [0.2, 0.25) is 5.02 Å². The zero-order valence-corrected chi connectivity index (χ0v) is 15.4. The number of rotatable bonds is 4. The minimum atomic E-state index is -0.0638. The average molecular weight is 373 g/mol. The van der Waals surface area contributed by atoms with Gasteiger partial charge < -0.3 is 15.4 Å². The maximum atomic E-state index is 12.5. The van der Waals surface area contributed by atoms with Gasteiger partial charge >= 0.3 is 0 Å². The number of carbonyl (C=O) groups excluding carboxylic acids is 1. The molecule has 6 heteroatoms. The highest BCUT2D eigenvalue weighted by Crippen LogP contribution is 2.35. The summed E-state index contributed by atoms with van der Waals surface area (Å²) in [6, 6.07) is 8.03. The van der Waals surface area contributed by atoms with Crippen LogP contribution >= 0.6 is 24.0 Å². The predicted octanol–water partition coefficient (Wildman–Crippen LogP) is 2.93. The van der Waals surface area contributed by atoms with E-state index in [1.165, 1.54) is 5.56 Å². The van der Waals surface area contributed by atoms with Crippen LogP contribution in [0.15, 0.2) is 24.3 Å². The lowest BCUT2D eigenvalue weighted by molar-refractivity contribution is -0.126. The monoisotopic (exact) mass is 372 g/mol.